The van der Waals surface area contributed by atoms with Gasteiger partial charge in [-0.1, -0.05) is 149 Å². The summed E-state index contributed by atoms with van der Waals surface area (Å²) in [4.78, 5) is 0. The predicted molar refractivity (Wildman–Crippen MR) is 130 cm³/mol. The van der Waals surface area contributed by atoms with E-state index in [-0.39, 0.29) is 0 Å². The van der Waals surface area contributed by atoms with Crippen molar-refractivity contribution in [3.63, 3.8) is 0 Å². The standard InChI is InChI=1S/C28H54/c1-4-7-9-11-13-15-17-19-21-23-25-27-28(6-3)26-24-22-20-18-16-14-12-10-8-5-2/h8,28H,2,4,6-7,9-27H2,1,3H3. The van der Waals surface area contributed by atoms with Gasteiger partial charge < -0.3 is 0 Å². The zero-order chi connectivity index (χ0) is 20.5. The van der Waals surface area contributed by atoms with E-state index >= 15 is 0 Å². The van der Waals surface area contributed by atoms with Crippen LogP contribution in [0.2, 0.25) is 0 Å². The first kappa shape index (κ1) is 27.5. The largest absolute Gasteiger partial charge is 0.133 e. The van der Waals surface area contributed by atoms with Crippen molar-refractivity contribution in [3.05, 3.63) is 18.4 Å². The lowest BCUT2D eigenvalue weighted by molar-refractivity contribution is 0.392. The van der Waals surface area contributed by atoms with Crippen LogP contribution in [0.4, 0.5) is 0 Å². The molecule has 1 atom stereocenters. The Kier molecular flexibility index (Phi) is 24.1. The van der Waals surface area contributed by atoms with Gasteiger partial charge in [-0.3, -0.25) is 0 Å². The van der Waals surface area contributed by atoms with Crippen molar-refractivity contribution in [1.82, 2.24) is 0 Å². The Labute approximate surface area is 179 Å². The average molecular weight is 391 g/mol. The summed E-state index contributed by atoms with van der Waals surface area (Å²) in [6.07, 6.45) is 33.6. The second-order valence-electron chi connectivity index (χ2n) is 9.06. The minimum absolute atomic E-state index is 1.00. The maximum Gasteiger partial charge on any atom is -0.0275 e. The third-order valence-corrected chi connectivity index (χ3v) is 6.40. The molecule has 0 amide bonds. The van der Waals surface area contributed by atoms with Crippen LogP contribution in [0.25, 0.3) is 0 Å². The zero-order valence-corrected chi connectivity index (χ0v) is 19.9. The second kappa shape index (κ2) is 24.6. The van der Waals surface area contributed by atoms with Gasteiger partial charge >= 0.3 is 0 Å². The Hall–Kier alpha value is -0.480. The number of hydrogen-bond donors (Lipinski definition) is 0. The van der Waals surface area contributed by atoms with Crippen LogP contribution < -0.4 is 0 Å². The smallest absolute Gasteiger partial charge is 0.0275 e. The van der Waals surface area contributed by atoms with Crippen LogP contribution in [0, 0.1) is 5.92 Å². The molecular formula is C28H54. The molecule has 0 fully saturated rings. The van der Waals surface area contributed by atoms with Crippen LogP contribution in [-0.2, 0) is 0 Å². The first-order valence-corrected chi connectivity index (χ1v) is 13.2. The van der Waals surface area contributed by atoms with Crippen LogP contribution in [0.1, 0.15) is 155 Å². The molecule has 0 aliphatic carbocycles. The van der Waals surface area contributed by atoms with Gasteiger partial charge in [0.1, 0.15) is 0 Å². The fourth-order valence-corrected chi connectivity index (χ4v) is 4.32. The summed E-state index contributed by atoms with van der Waals surface area (Å²) in [7, 11) is 0. The van der Waals surface area contributed by atoms with Crippen LogP contribution >= 0.6 is 0 Å². The maximum atomic E-state index is 3.62. The lowest BCUT2D eigenvalue weighted by Gasteiger charge is -2.14. The van der Waals surface area contributed by atoms with Gasteiger partial charge in [0, 0.05) is 0 Å². The highest BCUT2D eigenvalue weighted by molar-refractivity contribution is 4.74. The lowest BCUT2D eigenvalue weighted by Crippen LogP contribution is -1.99. The Morgan fingerprint density at radius 1 is 0.571 bits per heavy atom. The van der Waals surface area contributed by atoms with E-state index in [1.165, 1.54) is 141 Å². The van der Waals surface area contributed by atoms with Crippen molar-refractivity contribution >= 4 is 0 Å². The molecule has 0 bridgehead atoms. The summed E-state index contributed by atoms with van der Waals surface area (Å²) in [6, 6.07) is 0. The predicted octanol–water partition coefficient (Wildman–Crippen LogP) is 10.6. The summed E-state index contributed by atoms with van der Waals surface area (Å²) < 4.78 is 0. The van der Waals surface area contributed by atoms with E-state index in [9.17, 15) is 0 Å². The second-order valence-corrected chi connectivity index (χ2v) is 9.06. The molecule has 0 aromatic heterocycles. The van der Waals surface area contributed by atoms with E-state index in [2.05, 4.69) is 32.2 Å². The Balaban J connectivity index is 3.30. The van der Waals surface area contributed by atoms with Gasteiger partial charge in [-0.15, -0.1) is 5.73 Å². The highest BCUT2D eigenvalue weighted by Crippen LogP contribution is 2.22. The minimum Gasteiger partial charge on any atom is -0.133 e. The van der Waals surface area contributed by atoms with Gasteiger partial charge in [0.2, 0.25) is 0 Å². The number of rotatable bonds is 23. The van der Waals surface area contributed by atoms with Crippen LogP contribution in [-0.4, -0.2) is 0 Å². The number of hydrogen-bond acceptors (Lipinski definition) is 0. The molecule has 0 heteroatoms. The first-order valence-electron chi connectivity index (χ1n) is 13.2. The molecule has 0 N–H and O–H groups in total. The summed E-state index contributed by atoms with van der Waals surface area (Å²) in [5.41, 5.74) is 2.86. The quantitative estimate of drug-likeness (QED) is 0.120. The molecule has 0 radical (unpaired) electrons. The van der Waals surface area contributed by atoms with Crippen LogP contribution in [0.3, 0.4) is 0 Å². The van der Waals surface area contributed by atoms with Gasteiger partial charge in [-0.25, -0.2) is 0 Å². The fraction of sp³-hybridized carbons (Fsp3) is 0.893. The molecule has 0 aromatic carbocycles. The van der Waals surface area contributed by atoms with E-state index in [4.69, 9.17) is 0 Å². The molecule has 0 aliphatic rings. The molecule has 0 saturated carbocycles. The van der Waals surface area contributed by atoms with Gasteiger partial charge in [0.05, 0.1) is 0 Å². The van der Waals surface area contributed by atoms with Crippen molar-refractivity contribution < 1.29 is 0 Å². The zero-order valence-electron chi connectivity index (χ0n) is 19.9. The average Bonchev–Trinajstić information content (AvgIpc) is 2.71. The minimum atomic E-state index is 1.00. The Morgan fingerprint density at radius 3 is 1.36 bits per heavy atom. The SMILES string of the molecule is C=C=CCCCCCCCCCC(CC)CCCCCCCCCCCCC. The molecule has 0 rings (SSSR count). The summed E-state index contributed by atoms with van der Waals surface area (Å²) in [5, 5.41) is 0. The Morgan fingerprint density at radius 2 is 0.964 bits per heavy atom. The molecular weight excluding hydrogens is 336 g/mol. The maximum absolute atomic E-state index is 3.62. The topological polar surface area (TPSA) is 0 Å². The molecule has 28 heavy (non-hydrogen) atoms. The Bertz CT molecular complexity index is 323. The summed E-state index contributed by atoms with van der Waals surface area (Å²) >= 11 is 0. The van der Waals surface area contributed by atoms with E-state index in [0.717, 1.165) is 5.92 Å². The molecule has 0 aliphatic heterocycles. The monoisotopic (exact) mass is 390 g/mol. The van der Waals surface area contributed by atoms with Gasteiger partial charge in [0.15, 0.2) is 0 Å². The number of allylic oxidation sites excluding steroid dienone is 1. The van der Waals surface area contributed by atoms with Gasteiger partial charge in [0.25, 0.3) is 0 Å². The van der Waals surface area contributed by atoms with Crippen molar-refractivity contribution in [3.8, 4) is 0 Å². The van der Waals surface area contributed by atoms with Gasteiger partial charge in [-0.2, -0.15) is 0 Å². The van der Waals surface area contributed by atoms with Crippen LogP contribution in [0.15, 0.2) is 18.4 Å². The fourth-order valence-electron chi connectivity index (χ4n) is 4.32. The lowest BCUT2D eigenvalue weighted by atomic mass is 9.92. The molecule has 1 unspecified atom stereocenters. The molecule has 166 valence electrons. The van der Waals surface area contributed by atoms with Crippen LogP contribution in [0.5, 0.6) is 0 Å². The molecule has 0 heterocycles. The van der Waals surface area contributed by atoms with Crippen molar-refractivity contribution in [2.45, 2.75) is 155 Å². The first-order chi connectivity index (χ1) is 13.8. The molecule has 0 nitrogen and oxygen atoms in total. The molecule has 0 spiro atoms. The third kappa shape index (κ3) is 21.8. The highest BCUT2D eigenvalue weighted by atomic mass is 14.1. The van der Waals surface area contributed by atoms with Crippen molar-refractivity contribution in [2.24, 2.45) is 5.92 Å². The number of unbranched alkanes of at least 4 members (excludes halogenated alkanes) is 17. The normalized spacial score (nSPS) is 12.1. The summed E-state index contributed by atoms with van der Waals surface area (Å²) in [6.45, 7) is 8.32. The van der Waals surface area contributed by atoms with E-state index < -0.39 is 0 Å². The molecule has 0 aromatic rings. The highest BCUT2D eigenvalue weighted by Gasteiger charge is 2.06. The van der Waals surface area contributed by atoms with E-state index in [1.807, 2.05) is 0 Å². The third-order valence-electron chi connectivity index (χ3n) is 6.40. The van der Waals surface area contributed by atoms with E-state index in [0.29, 0.717) is 0 Å². The van der Waals surface area contributed by atoms with Crippen molar-refractivity contribution in [2.75, 3.05) is 0 Å². The summed E-state index contributed by atoms with van der Waals surface area (Å²) in [5.74, 6) is 1.00. The molecule has 0 saturated heterocycles. The van der Waals surface area contributed by atoms with Crippen molar-refractivity contribution in [1.29, 1.82) is 0 Å². The van der Waals surface area contributed by atoms with E-state index in [1.54, 1.807) is 0 Å². The van der Waals surface area contributed by atoms with Gasteiger partial charge in [-0.05, 0) is 24.8 Å².